The molecule has 0 bridgehead atoms. The van der Waals surface area contributed by atoms with Crippen molar-refractivity contribution in [2.75, 3.05) is 31.9 Å². The summed E-state index contributed by atoms with van der Waals surface area (Å²) in [4.78, 5) is 18.6. The van der Waals surface area contributed by atoms with Crippen molar-refractivity contribution >= 4 is 35.0 Å². The number of hydrogen-bond acceptors (Lipinski definition) is 6. The molecule has 0 spiro atoms. The summed E-state index contributed by atoms with van der Waals surface area (Å²) in [6, 6.07) is 13.3. The second-order valence-electron chi connectivity index (χ2n) is 6.44. The molecule has 3 aromatic rings. The van der Waals surface area contributed by atoms with E-state index in [-0.39, 0.29) is 11.7 Å². The topological polar surface area (TPSA) is 83.1 Å². The molecule has 0 aliphatic rings. The molecular weight excluding hydrogens is 410 g/mol. The van der Waals surface area contributed by atoms with E-state index in [1.54, 1.807) is 25.3 Å². The van der Waals surface area contributed by atoms with Gasteiger partial charge in [0.2, 0.25) is 11.1 Å². The van der Waals surface area contributed by atoms with Gasteiger partial charge in [0.15, 0.2) is 5.82 Å². The summed E-state index contributed by atoms with van der Waals surface area (Å²) < 4.78 is 5.34. The van der Waals surface area contributed by atoms with Crippen LogP contribution in [0.5, 0.6) is 5.75 Å². The van der Waals surface area contributed by atoms with Crippen molar-refractivity contribution in [1.29, 1.82) is 0 Å². The van der Waals surface area contributed by atoms with Crippen LogP contribution in [0.2, 0.25) is 5.02 Å². The van der Waals surface area contributed by atoms with Crippen LogP contribution in [0.4, 0.5) is 5.69 Å². The van der Waals surface area contributed by atoms with Gasteiger partial charge in [-0.15, -0.1) is 5.10 Å². The number of carbonyl (C=O) groups excluding carboxylic acids is 1. The Bertz CT molecular complexity index is 975. The van der Waals surface area contributed by atoms with Crippen LogP contribution >= 0.6 is 23.4 Å². The van der Waals surface area contributed by atoms with Crippen molar-refractivity contribution in [3.8, 4) is 17.1 Å². The minimum atomic E-state index is -0.0848. The number of hydrogen-bond donors (Lipinski definition) is 2. The van der Waals surface area contributed by atoms with Crippen molar-refractivity contribution in [2.45, 2.75) is 11.7 Å². The SMILES string of the molecule is COc1ccc(Cl)cc1-c1nc(SCC(=O)NCc2ccc(N(C)C)cc2)n[nH]1. The Morgan fingerprint density at radius 2 is 2.00 bits per heavy atom. The maximum Gasteiger partial charge on any atom is 0.230 e. The standard InChI is InChI=1S/C20H22ClN5O2S/c1-26(2)15-7-4-13(5-8-15)11-22-18(27)12-29-20-23-19(24-25-20)16-10-14(21)6-9-17(16)28-3/h4-10H,11-12H2,1-3H3,(H,22,27)(H,23,24,25). The summed E-state index contributed by atoms with van der Waals surface area (Å²) in [5.74, 6) is 1.31. The van der Waals surface area contributed by atoms with Crippen LogP contribution < -0.4 is 15.0 Å². The summed E-state index contributed by atoms with van der Waals surface area (Å²) in [5, 5.41) is 11.0. The highest BCUT2D eigenvalue weighted by molar-refractivity contribution is 7.99. The number of nitrogens with zero attached hydrogens (tertiary/aromatic N) is 3. The number of amides is 1. The maximum absolute atomic E-state index is 12.1. The first-order valence-corrected chi connectivity index (χ1v) is 10.2. The quantitative estimate of drug-likeness (QED) is 0.530. The molecule has 2 N–H and O–H groups in total. The minimum absolute atomic E-state index is 0.0848. The summed E-state index contributed by atoms with van der Waals surface area (Å²) in [7, 11) is 5.56. The van der Waals surface area contributed by atoms with E-state index >= 15 is 0 Å². The Labute approximate surface area is 178 Å². The molecule has 0 saturated heterocycles. The lowest BCUT2D eigenvalue weighted by atomic mass is 10.2. The third-order valence-corrected chi connectivity index (χ3v) is 5.24. The molecule has 0 aliphatic heterocycles. The molecule has 1 heterocycles. The highest BCUT2D eigenvalue weighted by Gasteiger charge is 2.13. The molecule has 152 valence electrons. The minimum Gasteiger partial charge on any atom is -0.496 e. The molecule has 0 fully saturated rings. The van der Waals surface area contributed by atoms with Gasteiger partial charge in [-0.1, -0.05) is 35.5 Å². The van der Waals surface area contributed by atoms with Gasteiger partial charge in [-0.3, -0.25) is 9.89 Å². The van der Waals surface area contributed by atoms with Gasteiger partial charge in [-0.2, -0.15) is 0 Å². The first kappa shape index (κ1) is 21.0. The number of aromatic amines is 1. The highest BCUT2D eigenvalue weighted by Crippen LogP contribution is 2.31. The predicted octanol–water partition coefficient (Wildman–Crippen LogP) is 3.61. The van der Waals surface area contributed by atoms with Crippen molar-refractivity contribution in [1.82, 2.24) is 20.5 Å². The lowest BCUT2D eigenvalue weighted by molar-refractivity contribution is -0.118. The first-order chi connectivity index (χ1) is 14.0. The first-order valence-electron chi connectivity index (χ1n) is 8.88. The van der Waals surface area contributed by atoms with Crippen LogP contribution in [0.3, 0.4) is 0 Å². The van der Waals surface area contributed by atoms with E-state index in [4.69, 9.17) is 16.3 Å². The normalized spacial score (nSPS) is 10.6. The number of ether oxygens (including phenoxy) is 1. The predicted molar refractivity (Wildman–Crippen MR) is 117 cm³/mol. The van der Waals surface area contributed by atoms with Gasteiger partial charge in [-0.25, -0.2) is 4.98 Å². The number of thioether (sulfide) groups is 1. The van der Waals surface area contributed by atoms with Crippen molar-refractivity contribution < 1.29 is 9.53 Å². The van der Waals surface area contributed by atoms with Gasteiger partial charge in [0.25, 0.3) is 0 Å². The second kappa shape index (κ2) is 9.67. The molecule has 9 heteroatoms. The monoisotopic (exact) mass is 431 g/mol. The molecule has 3 rings (SSSR count). The molecular formula is C20H22ClN5O2S. The Morgan fingerprint density at radius 3 is 2.69 bits per heavy atom. The lowest BCUT2D eigenvalue weighted by Gasteiger charge is -2.12. The molecule has 0 aliphatic carbocycles. The van der Waals surface area contributed by atoms with Gasteiger partial charge < -0.3 is 15.0 Å². The average molecular weight is 432 g/mol. The molecule has 1 aromatic heterocycles. The zero-order valence-electron chi connectivity index (χ0n) is 16.4. The maximum atomic E-state index is 12.1. The summed E-state index contributed by atoms with van der Waals surface area (Å²) in [6.07, 6.45) is 0. The molecule has 0 saturated carbocycles. The van der Waals surface area contributed by atoms with Crippen molar-refractivity contribution in [2.24, 2.45) is 0 Å². The lowest BCUT2D eigenvalue weighted by Crippen LogP contribution is -2.24. The number of anilines is 1. The van der Waals surface area contributed by atoms with E-state index < -0.39 is 0 Å². The molecule has 2 aromatic carbocycles. The third kappa shape index (κ3) is 5.65. The number of methoxy groups -OCH3 is 1. The number of benzene rings is 2. The average Bonchev–Trinajstić information content (AvgIpc) is 3.20. The molecule has 0 atom stereocenters. The van der Waals surface area contributed by atoms with Gasteiger partial charge in [0, 0.05) is 31.4 Å². The van der Waals surface area contributed by atoms with E-state index in [9.17, 15) is 4.79 Å². The molecule has 1 amide bonds. The summed E-state index contributed by atoms with van der Waals surface area (Å²) in [5.41, 5.74) is 2.87. The largest absolute Gasteiger partial charge is 0.496 e. The van der Waals surface area contributed by atoms with Gasteiger partial charge in [0.05, 0.1) is 18.4 Å². The number of halogens is 1. The van der Waals surface area contributed by atoms with Crippen molar-refractivity contribution in [3.05, 3.63) is 53.1 Å². The van der Waals surface area contributed by atoms with Gasteiger partial charge >= 0.3 is 0 Å². The second-order valence-corrected chi connectivity index (χ2v) is 7.82. The highest BCUT2D eigenvalue weighted by atomic mass is 35.5. The zero-order valence-corrected chi connectivity index (χ0v) is 18.0. The molecule has 29 heavy (non-hydrogen) atoms. The Kier molecular flexibility index (Phi) is 7.00. The van der Waals surface area contributed by atoms with Gasteiger partial charge in [-0.05, 0) is 35.9 Å². The van der Waals surface area contributed by atoms with E-state index in [0.717, 1.165) is 11.3 Å². The van der Waals surface area contributed by atoms with E-state index in [1.807, 2.05) is 43.3 Å². The van der Waals surface area contributed by atoms with Crippen LogP contribution in [-0.4, -0.2) is 48.0 Å². The van der Waals surface area contributed by atoms with Crippen LogP contribution in [0.1, 0.15) is 5.56 Å². The zero-order chi connectivity index (χ0) is 20.8. The Morgan fingerprint density at radius 1 is 1.24 bits per heavy atom. The van der Waals surface area contributed by atoms with E-state index in [2.05, 4.69) is 20.5 Å². The van der Waals surface area contributed by atoms with Crippen molar-refractivity contribution in [3.63, 3.8) is 0 Å². The number of rotatable bonds is 8. The van der Waals surface area contributed by atoms with E-state index in [0.29, 0.717) is 33.9 Å². The molecule has 7 nitrogen and oxygen atoms in total. The Balaban J connectivity index is 1.53. The molecule has 0 unspecified atom stereocenters. The van der Waals surface area contributed by atoms with Crippen LogP contribution in [0, 0.1) is 0 Å². The number of H-pyrrole nitrogens is 1. The third-order valence-electron chi connectivity index (χ3n) is 4.16. The summed E-state index contributed by atoms with van der Waals surface area (Å²) in [6.45, 7) is 0.478. The summed E-state index contributed by atoms with van der Waals surface area (Å²) >= 11 is 7.32. The fourth-order valence-electron chi connectivity index (χ4n) is 2.59. The van der Waals surface area contributed by atoms with Crippen LogP contribution in [0.25, 0.3) is 11.4 Å². The number of carbonyl (C=O) groups is 1. The Hall–Kier alpha value is -2.71. The molecule has 0 radical (unpaired) electrons. The fourth-order valence-corrected chi connectivity index (χ4v) is 3.39. The van der Waals surface area contributed by atoms with E-state index in [1.165, 1.54) is 11.8 Å². The number of nitrogens with one attached hydrogen (secondary N) is 2. The smallest absolute Gasteiger partial charge is 0.230 e. The van der Waals surface area contributed by atoms with Crippen LogP contribution in [0.15, 0.2) is 47.6 Å². The number of aromatic nitrogens is 3. The fraction of sp³-hybridized carbons (Fsp3) is 0.250. The van der Waals surface area contributed by atoms with Gasteiger partial charge in [0.1, 0.15) is 5.75 Å². The van der Waals surface area contributed by atoms with Crippen LogP contribution in [-0.2, 0) is 11.3 Å².